The Morgan fingerprint density at radius 3 is 1.73 bits per heavy atom. The fraction of sp³-hybridized carbons (Fsp3) is 1.00. The maximum atomic E-state index is 12.2. The minimum atomic E-state index is -2.28. The maximum Gasteiger partial charge on any atom is 0.248 e. The van der Waals surface area contributed by atoms with E-state index >= 15 is 0 Å². The molecule has 2 rings (SSSR count). The average Bonchev–Trinajstić information content (AvgIpc) is 2.40. The van der Waals surface area contributed by atoms with Crippen molar-refractivity contribution < 1.29 is 8.78 Å². The molecular formula is C9H16F2. The van der Waals surface area contributed by atoms with Crippen molar-refractivity contribution in [1.29, 1.82) is 0 Å². The number of hydrogen-bond acceptors (Lipinski definition) is 0. The first kappa shape index (κ1) is 8.95. The molecule has 0 spiro atoms. The molecule has 0 bridgehead atoms. The fourth-order valence-electron chi connectivity index (χ4n) is 1.66. The second kappa shape index (κ2) is 3.08. The monoisotopic (exact) mass is 162 g/mol. The van der Waals surface area contributed by atoms with E-state index in [9.17, 15) is 8.78 Å². The summed E-state index contributed by atoms with van der Waals surface area (Å²) in [4.78, 5) is 0. The van der Waals surface area contributed by atoms with E-state index in [0.717, 1.165) is 6.42 Å². The molecule has 0 aromatic heterocycles. The van der Waals surface area contributed by atoms with Gasteiger partial charge in [-0.15, -0.1) is 0 Å². The van der Waals surface area contributed by atoms with E-state index in [1.165, 1.54) is 6.42 Å². The van der Waals surface area contributed by atoms with Crippen LogP contribution in [-0.2, 0) is 0 Å². The molecule has 2 heteroatoms. The normalized spacial score (nSPS) is 37.1. The zero-order valence-electron chi connectivity index (χ0n) is 7.24. The first-order valence-corrected chi connectivity index (χ1v) is 4.47. The molecule has 11 heavy (non-hydrogen) atoms. The summed E-state index contributed by atoms with van der Waals surface area (Å²) in [5.41, 5.74) is 0. The van der Waals surface area contributed by atoms with Gasteiger partial charge in [-0.25, -0.2) is 8.78 Å². The third-order valence-electron chi connectivity index (χ3n) is 2.19. The van der Waals surface area contributed by atoms with Crippen LogP contribution in [-0.4, -0.2) is 5.92 Å². The Morgan fingerprint density at radius 1 is 1.18 bits per heavy atom. The molecule has 0 N–H and O–H groups in total. The molecule has 2 aliphatic rings. The van der Waals surface area contributed by atoms with Crippen LogP contribution in [0.25, 0.3) is 0 Å². The van der Waals surface area contributed by atoms with Crippen molar-refractivity contribution in [3.8, 4) is 0 Å². The van der Waals surface area contributed by atoms with Crippen LogP contribution < -0.4 is 0 Å². The van der Waals surface area contributed by atoms with Gasteiger partial charge in [0.25, 0.3) is 0 Å². The van der Waals surface area contributed by atoms with Gasteiger partial charge in [-0.1, -0.05) is 20.3 Å². The quantitative estimate of drug-likeness (QED) is 0.511. The Labute approximate surface area is 67.0 Å². The molecule has 0 aromatic carbocycles. The predicted octanol–water partition coefficient (Wildman–Crippen LogP) is 3.47. The minimum Gasteiger partial charge on any atom is -0.207 e. The van der Waals surface area contributed by atoms with Gasteiger partial charge < -0.3 is 0 Å². The molecule has 2 atom stereocenters. The van der Waals surface area contributed by atoms with Gasteiger partial charge in [-0.3, -0.25) is 0 Å². The van der Waals surface area contributed by atoms with Crippen molar-refractivity contribution in [3.05, 3.63) is 0 Å². The van der Waals surface area contributed by atoms with Gasteiger partial charge in [0.2, 0.25) is 5.92 Å². The summed E-state index contributed by atoms with van der Waals surface area (Å²) in [6, 6.07) is 0. The summed E-state index contributed by atoms with van der Waals surface area (Å²) in [5.74, 6) is -1.47. The van der Waals surface area contributed by atoms with Gasteiger partial charge in [0.1, 0.15) is 0 Å². The second-order valence-electron chi connectivity index (χ2n) is 3.73. The van der Waals surface area contributed by atoms with Gasteiger partial charge in [-0.2, -0.15) is 0 Å². The van der Waals surface area contributed by atoms with Crippen molar-refractivity contribution in [2.24, 2.45) is 11.8 Å². The van der Waals surface area contributed by atoms with Gasteiger partial charge in [0, 0.05) is 12.8 Å². The summed E-state index contributed by atoms with van der Waals surface area (Å²) in [6.45, 7) is 4.25. The molecule has 0 nitrogen and oxygen atoms in total. The van der Waals surface area contributed by atoms with Crippen LogP contribution in [0, 0.1) is 11.8 Å². The summed E-state index contributed by atoms with van der Waals surface area (Å²) in [6.07, 6.45) is 2.69. The van der Waals surface area contributed by atoms with E-state index < -0.39 is 5.92 Å². The molecule has 2 aliphatic carbocycles. The van der Waals surface area contributed by atoms with E-state index in [2.05, 4.69) is 13.8 Å². The number of halogens is 2. The molecule has 2 fully saturated rings. The molecule has 0 aliphatic heterocycles. The van der Waals surface area contributed by atoms with Crippen LogP contribution >= 0.6 is 0 Å². The Kier molecular flexibility index (Phi) is 2.50. The third kappa shape index (κ3) is 2.42. The topological polar surface area (TPSA) is 0 Å². The van der Waals surface area contributed by atoms with Crippen LogP contribution in [0.4, 0.5) is 8.78 Å². The second-order valence-corrected chi connectivity index (χ2v) is 3.73. The number of alkyl halides is 2. The van der Waals surface area contributed by atoms with Crippen molar-refractivity contribution in [3.63, 3.8) is 0 Å². The van der Waals surface area contributed by atoms with Gasteiger partial charge in [0.05, 0.1) is 0 Å². The van der Waals surface area contributed by atoms with E-state index in [1.54, 1.807) is 0 Å². The first-order valence-electron chi connectivity index (χ1n) is 4.47. The highest BCUT2D eigenvalue weighted by atomic mass is 19.3. The first-order chi connectivity index (χ1) is 5.09. The third-order valence-corrected chi connectivity index (χ3v) is 2.19. The highest BCUT2D eigenvalue weighted by molar-refractivity contribution is 4.99. The molecule has 0 radical (unpaired) electrons. The van der Waals surface area contributed by atoms with Gasteiger partial charge >= 0.3 is 0 Å². The Bertz CT molecular complexity index is 120. The molecule has 0 aromatic rings. The van der Waals surface area contributed by atoms with Crippen LogP contribution in [0.15, 0.2) is 0 Å². The highest BCUT2D eigenvalue weighted by Gasteiger charge is 2.54. The Morgan fingerprint density at radius 2 is 1.55 bits per heavy atom. The van der Waals surface area contributed by atoms with Crippen molar-refractivity contribution in [1.82, 2.24) is 0 Å². The standard InChI is InChI=1S/C6H8F2.C3H8/c7-6(8)2-4-1-5(4)3-6;1-3-2/h4-5H,1-3H2;3H2,1-2H3. The summed E-state index contributed by atoms with van der Waals surface area (Å²) in [7, 11) is 0. The molecule has 2 saturated carbocycles. The van der Waals surface area contributed by atoms with E-state index in [-0.39, 0.29) is 12.8 Å². The number of rotatable bonds is 0. The Hall–Kier alpha value is -0.140. The summed E-state index contributed by atoms with van der Waals surface area (Å²) >= 11 is 0. The summed E-state index contributed by atoms with van der Waals surface area (Å²) in [5, 5.41) is 0. The van der Waals surface area contributed by atoms with Crippen LogP contribution in [0.3, 0.4) is 0 Å². The smallest absolute Gasteiger partial charge is 0.207 e. The van der Waals surface area contributed by atoms with Crippen LogP contribution in [0.5, 0.6) is 0 Å². The molecule has 0 amide bonds. The van der Waals surface area contributed by atoms with E-state index in [1.807, 2.05) is 0 Å². The van der Waals surface area contributed by atoms with Gasteiger partial charge in [0.15, 0.2) is 0 Å². The lowest BCUT2D eigenvalue weighted by Crippen LogP contribution is -2.11. The lowest BCUT2D eigenvalue weighted by Gasteiger charge is -2.07. The minimum absolute atomic E-state index is 0.178. The summed E-state index contributed by atoms with van der Waals surface area (Å²) < 4.78 is 24.5. The largest absolute Gasteiger partial charge is 0.248 e. The average molecular weight is 162 g/mol. The van der Waals surface area contributed by atoms with Crippen molar-refractivity contribution in [2.45, 2.75) is 45.5 Å². The van der Waals surface area contributed by atoms with Crippen LogP contribution in [0.1, 0.15) is 39.5 Å². The molecule has 0 saturated heterocycles. The van der Waals surface area contributed by atoms with Crippen molar-refractivity contribution >= 4 is 0 Å². The van der Waals surface area contributed by atoms with E-state index in [0.29, 0.717) is 11.8 Å². The zero-order valence-corrected chi connectivity index (χ0v) is 7.24. The maximum absolute atomic E-state index is 12.2. The zero-order chi connectivity index (χ0) is 8.48. The number of fused-ring (bicyclic) bond motifs is 1. The molecule has 66 valence electrons. The van der Waals surface area contributed by atoms with Crippen molar-refractivity contribution in [2.75, 3.05) is 0 Å². The fourth-order valence-corrected chi connectivity index (χ4v) is 1.66. The highest BCUT2D eigenvalue weighted by Crippen LogP contribution is 2.57. The van der Waals surface area contributed by atoms with Crippen LogP contribution in [0.2, 0.25) is 0 Å². The lowest BCUT2D eigenvalue weighted by atomic mass is 10.2. The van der Waals surface area contributed by atoms with E-state index in [4.69, 9.17) is 0 Å². The molecular weight excluding hydrogens is 146 g/mol. The van der Waals surface area contributed by atoms with Gasteiger partial charge in [-0.05, 0) is 18.3 Å². The lowest BCUT2D eigenvalue weighted by molar-refractivity contribution is -0.00347. The molecule has 2 unspecified atom stereocenters. The molecule has 0 heterocycles. The Balaban J connectivity index is 0.000000179. The number of hydrogen-bond donors (Lipinski definition) is 0. The SMILES string of the molecule is CCC.FC1(F)CC2CC2C1. The predicted molar refractivity (Wildman–Crippen MR) is 41.7 cm³/mol.